The van der Waals surface area contributed by atoms with E-state index in [1.807, 2.05) is 12.1 Å². The standard InChI is InChI=1S/C18H27N3O4/c1-18(2,3)25-17(23)20-15(12-13-4-6-14(19)7-5-13)16(22)21-8-10-24-11-9-21/h4-7,15H,8-12,19H2,1-3H3,(H,20,23). The molecule has 0 radical (unpaired) electrons. The van der Waals surface area contributed by atoms with Crippen LogP contribution in [0.25, 0.3) is 0 Å². The third kappa shape index (κ3) is 6.26. The van der Waals surface area contributed by atoms with Gasteiger partial charge in [-0.3, -0.25) is 4.79 Å². The minimum Gasteiger partial charge on any atom is -0.444 e. The Labute approximate surface area is 148 Å². The number of benzene rings is 1. The van der Waals surface area contributed by atoms with Gasteiger partial charge in [0, 0.05) is 25.2 Å². The van der Waals surface area contributed by atoms with E-state index in [1.165, 1.54) is 0 Å². The van der Waals surface area contributed by atoms with E-state index < -0.39 is 17.7 Å². The van der Waals surface area contributed by atoms with Crippen LogP contribution in [0, 0.1) is 0 Å². The molecule has 0 bridgehead atoms. The normalized spacial score (nSPS) is 16.2. The number of morpholine rings is 1. The summed E-state index contributed by atoms with van der Waals surface area (Å²) < 4.78 is 10.6. The van der Waals surface area contributed by atoms with Gasteiger partial charge in [-0.1, -0.05) is 12.1 Å². The van der Waals surface area contributed by atoms with Crippen LogP contribution in [-0.4, -0.2) is 54.8 Å². The molecule has 25 heavy (non-hydrogen) atoms. The molecule has 1 unspecified atom stereocenters. The van der Waals surface area contributed by atoms with Crippen LogP contribution in [0.2, 0.25) is 0 Å². The lowest BCUT2D eigenvalue weighted by Gasteiger charge is -2.31. The van der Waals surface area contributed by atoms with Gasteiger partial charge in [0.2, 0.25) is 5.91 Å². The number of hydrogen-bond donors (Lipinski definition) is 2. The minimum atomic E-state index is -0.698. The quantitative estimate of drug-likeness (QED) is 0.805. The van der Waals surface area contributed by atoms with Crippen LogP contribution in [0.4, 0.5) is 10.5 Å². The Bertz CT molecular complexity index is 589. The molecule has 1 aliphatic heterocycles. The van der Waals surface area contributed by atoms with Crippen molar-refractivity contribution in [3.05, 3.63) is 29.8 Å². The third-order valence-corrected chi connectivity index (χ3v) is 3.73. The number of ether oxygens (including phenoxy) is 2. The zero-order valence-corrected chi connectivity index (χ0v) is 15.1. The predicted molar refractivity (Wildman–Crippen MR) is 95.1 cm³/mol. The van der Waals surface area contributed by atoms with Gasteiger partial charge in [-0.25, -0.2) is 4.79 Å². The summed E-state index contributed by atoms with van der Waals surface area (Å²) in [6.07, 6.45) is -0.232. The van der Waals surface area contributed by atoms with Gasteiger partial charge in [0.15, 0.2) is 0 Å². The zero-order valence-electron chi connectivity index (χ0n) is 15.1. The fourth-order valence-electron chi connectivity index (χ4n) is 2.54. The van der Waals surface area contributed by atoms with Gasteiger partial charge in [-0.2, -0.15) is 0 Å². The molecule has 7 nitrogen and oxygen atoms in total. The molecule has 1 aromatic rings. The van der Waals surface area contributed by atoms with E-state index in [-0.39, 0.29) is 5.91 Å². The molecule has 1 aromatic carbocycles. The maximum atomic E-state index is 12.8. The number of nitrogens with zero attached hydrogens (tertiary/aromatic N) is 1. The first-order valence-corrected chi connectivity index (χ1v) is 8.45. The number of anilines is 1. The monoisotopic (exact) mass is 349 g/mol. The van der Waals surface area contributed by atoms with Crippen LogP contribution < -0.4 is 11.1 Å². The molecule has 0 aliphatic carbocycles. The van der Waals surface area contributed by atoms with E-state index in [9.17, 15) is 9.59 Å². The first-order valence-electron chi connectivity index (χ1n) is 8.45. The maximum Gasteiger partial charge on any atom is 0.408 e. The maximum absolute atomic E-state index is 12.8. The highest BCUT2D eigenvalue weighted by Gasteiger charge is 2.29. The lowest BCUT2D eigenvalue weighted by Crippen LogP contribution is -2.53. The fourth-order valence-corrected chi connectivity index (χ4v) is 2.54. The summed E-state index contributed by atoms with van der Waals surface area (Å²) >= 11 is 0. The average Bonchev–Trinajstić information content (AvgIpc) is 2.54. The summed E-state index contributed by atoms with van der Waals surface area (Å²) in [5.41, 5.74) is 6.64. The highest BCUT2D eigenvalue weighted by atomic mass is 16.6. The molecule has 2 amide bonds. The molecular weight excluding hydrogens is 322 g/mol. The van der Waals surface area contributed by atoms with E-state index in [4.69, 9.17) is 15.2 Å². The number of amides is 2. The number of rotatable bonds is 4. The summed E-state index contributed by atoms with van der Waals surface area (Å²) in [5, 5.41) is 2.71. The molecule has 2 rings (SSSR count). The Morgan fingerprint density at radius 3 is 2.40 bits per heavy atom. The Balaban J connectivity index is 2.10. The van der Waals surface area contributed by atoms with Crippen molar-refractivity contribution in [1.82, 2.24) is 10.2 Å². The van der Waals surface area contributed by atoms with Gasteiger partial charge in [-0.15, -0.1) is 0 Å². The molecule has 1 saturated heterocycles. The summed E-state index contributed by atoms with van der Waals surface area (Å²) in [7, 11) is 0. The average molecular weight is 349 g/mol. The highest BCUT2D eigenvalue weighted by molar-refractivity contribution is 5.86. The van der Waals surface area contributed by atoms with Crippen LogP contribution in [0.3, 0.4) is 0 Å². The van der Waals surface area contributed by atoms with E-state index in [2.05, 4.69) is 5.32 Å². The Morgan fingerprint density at radius 2 is 1.84 bits per heavy atom. The van der Waals surface area contributed by atoms with Gasteiger partial charge in [0.1, 0.15) is 11.6 Å². The van der Waals surface area contributed by atoms with Crippen LogP contribution in [0.1, 0.15) is 26.3 Å². The van der Waals surface area contributed by atoms with Crippen molar-refractivity contribution < 1.29 is 19.1 Å². The zero-order chi connectivity index (χ0) is 18.4. The smallest absolute Gasteiger partial charge is 0.408 e. The highest BCUT2D eigenvalue weighted by Crippen LogP contribution is 2.12. The molecule has 0 saturated carbocycles. The van der Waals surface area contributed by atoms with Crippen molar-refractivity contribution in [3.63, 3.8) is 0 Å². The number of hydrogen-bond acceptors (Lipinski definition) is 5. The largest absolute Gasteiger partial charge is 0.444 e. The molecular formula is C18H27N3O4. The van der Waals surface area contributed by atoms with Crippen molar-refractivity contribution in [1.29, 1.82) is 0 Å². The van der Waals surface area contributed by atoms with Gasteiger partial charge < -0.3 is 25.4 Å². The summed E-state index contributed by atoms with van der Waals surface area (Å²) in [6, 6.07) is 6.56. The van der Waals surface area contributed by atoms with E-state index in [1.54, 1.807) is 37.8 Å². The van der Waals surface area contributed by atoms with E-state index in [0.717, 1.165) is 5.56 Å². The van der Waals surface area contributed by atoms with Crippen LogP contribution in [0.15, 0.2) is 24.3 Å². The lowest BCUT2D eigenvalue weighted by molar-refractivity contribution is -0.137. The fraction of sp³-hybridized carbons (Fsp3) is 0.556. The SMILES string of the molecule is CC(C)(C)OC(=O)NC(Cc1ccc(N)cc1)C(=O)N1CCOCC1. The van der Waals surface area contributed by atoms with Crippen molar-refractivity contribution in [3.8, 4) is 0 Å². The first-order chi connectivity index (χ1) is 11.7. The van der Waals surface area contributed by atoms with Gasteiger partial charge in [0.05, 0.1) is 13.2 Å². The van der Waals surface area contributed by atoms with Crippen molar-refractivity contribution in [2.75, 3.05) is 32.0 Å². The van der Waals surface area contributed by atoms with E-state index >= 15 is 0 Å². The number of carbonyl (C=O) groups excluding carboxylic acids is 2. The topological polar surface area (TPSA) is 93.9 Å². The van der Waals surface area contributed by atoms with Crippen molar-refractivity contribution >= 4 is 17.7 Å². The number of nitrogen functional groups attached to an aromatic ring is 1. The molecule has 0 spiro atoms. The Kier molecular flexibility index (Phi) is 6.25. The summed E-state index contributed by atoms with van der Waals surface area (Å²) in [5.74, 6) is -0.133. The third-order valence-electron chi connectivity index (χ3n) is 3.73. The molecule has 1 atom stereocenters. The molecule has 138 valence electrons. The van der Waals surface area contributed by atoms with Crippen LogP contribution in [0.5, 0.6) is 0 Å². The van der Waals surface area contributed by atoms with Crippen molar-refractivity contribution in [2.45, 2.75) is 38.8 Å². The second-order valence-electron chi connectivity index (χ2n) is 7.08. The van der Waals surface area contributed by atoms with Gasteiger partial charge in [0.25, 0.3) is 0 Å². The molecule has 1 heterocycles. The van der Waals surface area contributed by atoms with Crippen molar-refractivity contribution in [2.24, 2.45) is 0 Å². The molecule has 1 fully saturated rings. The minimum absolute atomic E-state index is 0.133. The molecule has 3 N–H and O–H groups in total. The number of alkyl carbamates (subject to hydrolysis) is 1. The second-order valence-corrected chi connectivity index (χ2v) is 7.08. The first kappa shape index (κ1) is 19.1. The number of nitrogens with two attached hydrogens (primary N) is 1. The Morgan fingerprint density at radius 1 is 1.24 bits per heavy atom. The lowest BCUT2D eigenvalue weighted by atomic mass is 10.0. The molecule has 7 heteroatoms. The second kappa shape index (κ2) is 8.20. The van der Waals surface area contributed by atoms with Crippen LogP contribution >= 0.6 is 0 Å². The van der Waals surface area contributed by atoms with Gasteiger partial charge in [-0.05, 0) is 38.5 Å². The summed E-state index contributed by atoms with van der Waals surface area (Å²) in [6.45, 7) is 7.40. The molecule has 0 aromatic heterocycles. The van der Waals surface area contributed by atoms with E-state index in [0.29, 0.717) is 38.4 Å². The molecule has 1 aliphatic rings. The summed E-state index contributed by atoms with van der Waals surface area (Å²) in [4.78, 5) is 26.7. The van der Waals surface area contributed by atoms with Gasteiger partial charge >= 0.3 is 6.09 Å². The Hall–Kier alpha value is -2.28. The number of carbonyl (C=O) groups is 2. The predicted octanol–water partition coefficient (Wildman–Crippen LogP) is 1.56. The number of nitrogens with one attached hydrogen (secondary N) is 1. The van der Waals surface area contributed by atoms with Crippen LogP contribution in [-0.2, 0) is 20.7 Å².